The van der Waals surface area contributed by atoms with E-state index in [9.17, 15) is 4.79 Å². The van der Waals surface area contributed by atoms with E-state index in [4.69, 9.17) is 14.0 Å². The molecule has 0 atom stereocenters. The fourth-order valence-electron chi connectivity index (χ4n) is 3.56. The number of hydrogen-bond donors (Lipinski definition) is 0. The quantitative estimate of drug-likeness (QED) is 0.456. The maximum Gasteiger partial charge on any atom is 0.262 e. The lowest BCUT2D eigenvalue weighted by molar-refractivity contribution is 0.0179. The highest BCUT2D eigenvalue weighted by Gasteiger charge is 2.33. The molecule has 0 N–H and O–H groups in total. The summed E-state index contributed by atoms with van der Waals surface area (Å²) in [6, 6.07) is 24.3. The predicted molar refractivity (Wildman–Crippen MR) is 118 cm³/mol. The van der Waals surface area contributed by atoms with Gasteiger partial charge in [0, 0.05) is 11.1 Å². The Bertz CT molecular complexity index is 1220. The Morgan fingerprint density at radius 2 is 1.69 bits per heavy atom. The average molecular weight is 427 g/mol. The Kier molecular flexibility index (Phi) is 5.29. The Morgan fingerprint density at radius 3 is 2.44 bits per heavy atom. The van der Waals surface area contributed by atoms with Crippen molar-refractivity contribution in [1.29, 1.82) is 0 Å². The third-order valence-electron chi connectivity index (χ3n) is 5.34. The molecule has 1 fully saturated rings. The number of aromatic nitrogens is 2. The highest BCUT2D eigenvalue weighted by atomic mass is 16.5. The minimum absolute atomic E-state index is 0.0230. The molecule has 4 aromatic rings. The van der Waals surface area contributed by atoms with Crippen LogP contribution in [-0.2, 0) is 0 Å². The summed E-state index contributed by atoms with van der Waals surface area (Å²) >= 11 is 0. The standard InChI is InChI=1S/C25H21N3O4/c1-30-19-13-11-18(12-14-19)25(29)28-15-20(16-28)31-22-10-6-5-9-21(22)24-26-23(27-32-24)17-7-3-2-4-8-17/h2-14,20H,15-16H2,1H3. The van der Waals surface area contributed by atoms with Crippen LogP contribution < -0.4 is 9.47 Å². The van der Waals surface area contributed by atoms with E-state index in [1.54, 1.807) is 36.3 Å². The van der Waals surface area contributed by atoms with Gasteiger partial charge in [0.05, 0.1) is 25.8 Å². The Labute approximate surface area is 185 Å². The van der Waals surface area contributed by atoms with Crippen molar-refractivity contribution < 1.29 is 18.8 Å². The Hall–Kier alpha value is -4.13. The van der Waals surface area contributed by atoms with Crippen LogP contribution in [0.1, 0.15) is 10.4 Å². The normalized spacial score (nSPS) is 13.5. The molecule has 1 aliphatic rings. The van der Waals surface area contributed by atoms with Crippen LogP contribution in [0.5, 0.6) is 11.5 Å². The van der Waals surface area contributed by atoms with Gasteiger partial charge in [-0.05, 0) is 36.4 Å². The van der Waals surface area contributed by atoms with Gasteiger partial charge < -0.3 is 18.9 Å². The Balaban J connectivity index is 1.26. The molecule has 2 heterocycles. The van der Waals surface area contributed by atoms with Crippen LogP contribution in [0.15, 0.2) is 83.4 Å². The second-order valence-corrected chi connectivity index (χ2v) is 7.46. The van der Waals surface area contributed by atoms with Gasteiger partial charge in [0.15, 0.2) is 0 Å². The van der Waals surface area contributed by atoms with E-state index in [-0.39, 0.29) is 12.0 Å². The Morgan fingerprint density at radius 1 is 0.969 bits per heavy atom. The number of likely N-dealkylation sites (tertiary alicyclic amines) is 1. The first-order valence-electron chi connectivity index (χ1n) is 10.3. The molecule has 0 saturated carbocycles. The number of hydrogen-bond acceptors (Lipinski definition) is 6. The first kappa shape index (κ1) is 19.8. The molecular formula is C25H21N3O4. The molecule has 0 bridgehead atoms. The molecule has 7 nitrogen and oxygen atoms in total. The minimum Gasteiger partial charge on any atom is -0.497 e. The van der Waals surface area contributed by atoms with Crippen molar-refractivity contribution >= 4 is 5.91 Å². The summed E-state index contributed by atoms with van der Waals surface area (Å²) < 4.78 is 16.8. The van der Waals surface area contributed by atoms with Crippen molar-refractivity contribution in [2.45, 2.75) is 6.10 Å². The van der Waals surface area contributed by atoms with Gasteiger partial charge in [-0.25, -0.2) is 0 Å². The molecule has 32 heavy (non-hydrogen) atoms. The molecule has 7 heteroatoms. The molecule has 1 aliphatic heterocycles. The van der Waals surface area contributed by atoms with Gasteiger partial charge in [-0.15, -0.1) is 0 Å². The second-order valence-electron chi connectivity index (χ2n) is 7.46. The average Bonchev–Trinajstić information content (AvgIpc) is 3.32. The zero-order valence-electron chi connectivity index (χ0n) is 17.5. The van der Waals surface area contributed by atoms with Gasteiger partial charge in [0.2, 0.25) is 5.82 Å². The summed E-state index contributed by atoms with van der Waals surface area (Å²) in [5.41, 5.74) is 2.23. The van der Waals surface area contributed by atoms with Gasteiger partial charge in [-0.2, -0.15) is 4.98 Å². The molecule has 1 aromatic heterocycles. The van der Waals surface area contributed by atoms with Crippen LogP contribution in [0.4, 0.5) is 0 Å². The summed E-state index contributed by atoms with van der Waals surface area (Å²) in [4.78, 5) is 18.9. The number of amides is 1. The molecule has 1 saturated heterocycles. The minimum atomic E-state index is -0.102. The molecular weight excluding hydrogens is 406 g/mol. The fraction of sp³-hybridized carbons (Fsp3) is 0.160. The van der Waals surface area contributed by atoms with Gasteiger partial charge >= 0.3 is 0 Å². The zero-order valence-corrected chi connectivity index (χ0v) is 17.5. The number of nitrogens with zero attached hydrogens (tertiary/aromatic N) is 3. The lowest BCUT2D eigenvalue weighted by Gasteiger charge is -2.39. The van der Waals surface area contributed by atoms with E-state index in [1.165, 1.54) is 0 Å². The SMILES string of the molecule is COc1ccc(C(=O)N2CC(Oc3ccccc3-c3nc(-c4ccccc4)no3)C2)cc1. The summed E-state index contributed by atoms with van der Waals surface area (Å²) in [6.45, 7) is 1.02. The van der Waals surface area contributed by atoms with E-state index in [0.29, 0.717) is 36.1 Å². The summed E-state index contributed by atoms with van der Waals surface area (Å²) in [6.07, 6.45) is -0.102. The van der Waals surface area contributed by atoms with Crippen LogP contribution in [0.3, 0.4) is 0 Å². The summed E-state index contributed by atoms with van der Waals surface area (Å²) in [5.74, 6) is 2.27. The largest absolute Gasteiger partial charge is 0.497 e. The number of carbonyl (C=O) groups is 1. The number of methoxy groups -OCH3 is 1. The van der Waals surface area contributed by atoms with E-state index in [0.717, 1.165) is 16.9 Å². The molecule has 0 spiro atoms. The first-order valence-corrected chi connectivity index (χ1v) is 10.3. The number of carbonyl (C=O) groups excluding carboxylic acids is 1. The molecule has 1 amide bonds. The lowest BCUT2D eigenvalue weighted by atomic mass is 10.1. The number of rotatable bonds is 6. The van der Waals surface area contributed by atoms with Gasteiger partial charge in [0.1, 0.15) is 17.6 Å². The summed E-state index contributed by atoms with van der Waals surface area (Å²) in [5, 5.41) is 4.09. The predicted octanol–water partition coefficient (Wildman–Crippen LogP) is 4.32. The van der Waals surface area contributed by atoms with Crippen LogP contribution >= 0.6 is 0 Å². The topological polar surface area (TPSA) is 77.7 Å². The van der Waals surface area contributed by atoms with Crippen molar-refractivity contribution in [2.75, 3.05) is 20.2 Å². The number of benzene rings is 3. The van der Waals surface area contributed by atoms with Crippen LogP contribution in [0, 0.1) is 0 Å². The van der Waals surface area contributed by atoms with Crippen molar-refractivity contribution in [3.63, 3.8) is 0 Å². The van der Waals surface area contributed by atoms with Gasteiger partial charge in [-0.3, -0.25) is 4.79 Å². The number of ether oxygens (including phenoxy) is 2. The highest BCUT2D eigenvalue weighted by Crippen LogP contribution is 2.32. The van der Waals surface area contributed by atoms with E-state index < -0.39 is 0 Å². The summed E-state index contributed by atoms with van der Waals surface area (Å²) in [7, 11) is 1.60. The van der Waals surface area contributed by atoms with Crippen molar-refractivity contribution in [3.8, 4) is 34.3 Å². The van der Waals surface area contributed by atoms with Crippen LogP contribution in [0.25, 0.3) is 22.8 Å². The van der Waals surface area contributed by atoms with Crippen molar-refractivity contribution in [3.05, 3.63) is 84.4 Å². The smallest absolute Gasteiger partial charge is 0.262 e. The zero-order chi connectivity index (χ0) is 21.9. The molecule has 160 valence electrons. The van der Waals surface area contributed by atoms with E-state index in [2.05, 4.69) is 10.1 Å². The third kappa shape index (κ3) is 3.92. The molecule has 0 unspecified atom stereocenters. The molecule has 5 rings (SSSR count). The highest BCUT2D eigenvalue weighted by molar-refractivity contribution is 5.95. The maximum atomic E-state index is 12.6. The molecule has 0 aliphatic carbocycles. The van der Waals surface area contributed by atoms with Crippen LogP contribution in [-0.4, -0.2) is 47.3 Å². The monoisotopic (exact) mass is 427 g/mol. The maximum absolute atomic E-state index is 12.6. The first-order chi connectivity index (χ1) is 15.7. The van der Waals surface area contributed by atoms with Crippen LogP contribution in [0.2, 0.25) is 0 Å². The number of para-hydroxylation sites is 1. The van der Waals surface area contributed by atoms with Gasteiger partial charge in [-0.1, -0.05) is 47.6 Å². The van der Waals surface area contributed by atoms with Crippen molar-refractivity contribution in [1.82, 2.24) is 15.0 Å². The second kappa shape index (κ2) is 8.55. The third-order valence-corrected chi connectivity index (χ3v) is 5.34. The fourth-order valence-corrected chi connectivity index (χ4v) is 3.56. The van der Waals surface area contributed by atoms with Crippen molar-refractivity contribution in [2.24, 2.45) is 0 Å². The van der Waals surface area contributed by atoms with E-state index >= 15 is 0 Å². The lowest BCUT2D eigenvalue weighted by Crippen LogP contribution is -2.56. The van der Waals surface area contributed by atoms with Gasteiger partial charge in [0.25, 0.3) is 11.8 Å². The molecule has 0 radical (unpaired) electrons. The molecule has 3 aromatic carbocycles. The van der Waals surface area contributed by atoms with E-state index in [1.807, 2.05) is 54.6 Å².